The van der Waals surface area contributed by atoms with E-state index in [1.807, 2.05) is 0 Å². The van der Waals surface area contributed by atoms with Crippen LogP contribution >= 0.6 is 11.8 Å². The van der Waals surface area contributed by atoms with Crippen molar-refractivity contribution in [1.29, 1.82) is 0 Å². The van der Waals surface area contributed by atoms with Gasteiger partial charge in [-0.3, -0.25) is 0 Å². The molecule has 1 unspecified atom stereocenters. The predicted molar refractivity (Wildman–Crippen MR) is 75.9 cm³/mol. The standard InChI is InChI=1S/C10H14N2O4S3/c1-3-12-8-7-5-4-6(2)18(13,14)9(7)17-10(8)19(11,15)16/h4-5,9,12H,3H2,1-2H3,(H2,11,15,16). The van der Waals surface area contributed by atoms with E-state index < -0.39 is 24.4 Å². The zero-order valence-corrected chi connectivity index (χ0v) is 12.8. The summed E-state index contributed by atoms with van der Waals surface area (Å²) in [5.74, 6) is 0. The monoisotopic (exact) mass is 322 g/mol. The summed E-state index contributed by atoms with van der Waals surface area (Å²) in [5, 5.41) is 8.04. The fourth-order valence-electron chi connectivity index (χ4n) is 1.88. The summed E-state index contributed by atoms with van der Waals surface area (Å²) in [6.07, 6.45) is 3.11. The maximum Gasteiger partial charge on any atom is 0.246 e. The van der Waals surface area contributed by atoms with E-state index in [9.17, 15) is 16.8 Å². The first-order valence-corrected chi connectivity index (χ1v) is 9.47. The largest absolute Gasteiger partial charge is 0.384 e. The van der Waals surface area contributed by atoms with Gasteiger partial charge in [-0.05, 0) is 19.9 Å². The summed E-state index contributed by atoms with van der Waals surface area (Å²) in [5.41, 5.74) is 0.744. The third-order valence-electron chi connectivity index (χ3n) is 2.80. The summed E-state index contributed by atoms with van der Waals surface area (Å²) in [7, 11) is -7.48. The molecule has 1 atom stereocenters. The highest BCUT2D eigenvalue weighted by Gasteiger charge is 2.44. The minimum Gasteiger partial charge on any atom is -0.384 e. The number of nitrogens with two attached hydrogens (primary N) is 1. The summed E-state index contributed by atoms with van der Waals surface area (Å²) in [6.45, 7) is 3.76. The molecule has 0 amide bonds. The van der Waals surface area contributed by atoms with Gasteiger partial charge in [-0.15, -0.1) is 0 Å². The number of hydrogen-bond acceptors (Lipinski definition) is 6. The molecule has 0 saturated carbocycles. The Morgan fingerprint density at radius 3 is 2.58 bits per heavy atom. The predicted octanol–water partition coefficient (Wildman–Crippen LogP) is 0.385. The Bertz CT molecular complexity index is 714. The molecule has 0 bridgehead atoms. The first-order chi connectivity index (χ1) is 8.69. The van der Waals surface area contributed by atoms with Gasteiger partial charge < -0.3 is 5.32 Å². The van der Waals surface area contributed by atoms with E-state index in [4.69, 9.17) is 5.14 Å². The van der Waals surface area contributed by atoms with Gasteiger partial charge in [0.2, 0.25) is 10.0 Å². The molecular weight excluding hydrogens is 308 g/mol. The fraction of sp³-hybridized carbons (Fsp3) is 0.400. The molecular formula is C10H14N2O4S3. The highest BCUT2D eigenvalue weighted by Crippen LogP contribution is 2.48. The lowest BCUT2D eigenvalue weighted by molar-refractivity contribution is 0.600. The van der Waals surface area contributed by atoms with Crippen LogP contribution in [0.4, 0.5) is 0 Å². The molecule has 0 fully saturated rings. The SMILES string of the molecule is CCNC1=C(S(N)(=O)=O)SC2C1=CC=C(C)S2(=O)=O. The minimum absolute atomic E-state index is 0.114. The van der Waals surface area contributed by atoms with Gasteiger partial charge in [-0.25, -0.2) is 22.0 Å². The van der Waals surface area contributed by atoms with Crippen LogP contribution in [0.25, 0.3) is 0 Å². The third-order valence-corrected chi connectivity index (χ3v) is 8.29. The Balaban J connectivity index is 2.63. The highest BCUT2D eigenvalue weighted by molar-refractivity contribution is 8.25. The van der Waals surface area contributed by atoms with Crippen molar-refractivity contribution in [3.05, 3.63) is 32.6 Å². The topological polar surface area (TPSA) is 106 Å². The second-order valence-corrected chi connectivity index (χ2v) is 9.51. The van der Waals surface area contributed by atoms with Crippen molar-refractivity contribution >= 4 is 31.6 Å². The van der Waals surface area contributed by atoms with Crippen LogP contribution in [0, 0.1) is 0 Å². The summed E-state index contributed by atoms with van der Waals surface area (Å²) >= 11 is 0.767. The molecule has 9 heteroatoms. The molecule has 106 valence electrons. The van der Waals surface area contributed by atoms with Gasteiger partial charge in [0.25, 0.3) is 0 Å². The molecule has 0 aliphatic carbocycles. The Hall–Kier alpha value is -0.770. The molecule has 0 spiro atoms. The van der Waals surface area contributed by atoms with Gasteiger partial charge in [0.1, 0.15) is 8.82 Å². The average molecular weight is 322 g/mol. The lowest BCUT2D eigenvalue weighted by Gasteiger charge is -2.18. The molecule has 2 heterocycles. The average Bonchev–Trinajstić information content (AvgIpc) is 2.65. The van der Waals surface area contributed by atoms with Gasteiger partial charge in [0, 0.05) is 17.0 Å². The molecule has 0 aromatic carbocycles. The molecule has 0 aromatic rings. The molecule has 3 N–H and O–H groups in total. The van der Waals surface area contributed by atoms with E-state index in [2.05, 4.69) is 5.32 Å². The molecule has 2 aliphatic rings. The smallest absolute Gasteiger partial charge is 0.246 e. The third kappa shape index (κ3) is 2.35. The second kappa shape index (κ2) is 4.65. The molecule has 0 aromatic heterocycles. The molecule has 19 heavy (non-hydrogen) atoms. The first-order valence-electron chi connectivity index (χ1n) is 5.50. The highest BCUT2D eigenvalue weighted by atomic mass is 32.3. The number of nitrogens with one attached hydrogen (secondary N) is 1. The summed E-state index contributed by atoms with van der Waals surface area (Å²) < 4.78 is 46.5. The van der Waals surface area contributed by atoms with Gasteiger partial charge in [-0.1, -0.05) is 17.8 Å². The van der Waals surface area contributed by atoms with E-state index in [-0.39, 0.29) is 9.14 Å². The van der Waals surface area contributed by atoms with Crippen LogP contribution in [0.5, 0.6) is 0 Å². The number of hydrogen-bond donors (Lipinski definition) is 2. The van der Waals surface area contributed by atoms with Crippen LogP contribution in [0.1, 0.15) is 13.8 Å². The van der Waals surface area contributed by atoms with E-state index in [0.29, 0.717) is 17.8 Å². The molecule has 0 radical (unpaired) electrons. The molecule has 0 saturated heterocycles. The Morgan fingerprint density at radius 2 is 2.05 bits per heavy atom. The number of allylic oxidation sites excluding steroid dienone is 4. The maximum atomic E-state index is 12.2. The zero-order valence-electron chi connectivity index (χ0n) is 10.4. The Morgan fingerprint density at radius 1 is 1.42 bits per heavy atom. The van der Waals surface area contributed by atoms with Crippen molar-refractivity contribution < 1.29 is 16.8 Å². The molecule has 2 aliphatic heterocycles. The first kappa shape index (κ1) is 14.6. The van der Waals surface area contributed by atoms with Crippen molar-refractivity contribution in [2.24, 2.45) is 5.14 Å². The normalized spacial score (nSPS) is 25.7. The van der Waals surface area contributed by atoms with Crippen molar-refractivity contribution in [1.82, 2.24) is 5.32 Å². The molecule has 2 rings (SSSR count). The fourth-order valence-corrected chi connectivity index (χ4v) is 6.56. The van der Waals surface area contributed by atoms with E-state index in [1.54, 1.807) is 13.0 Å². The van der Waals surface area contributed by atoms with Crippen molar-refractivity contribution in [3.8, 4) is 0 Å². The lowest BCUT2D eigenvalue weighted by atomic mass is 10.2. The van der Waals surface area contributed by atoms with Crippen LogP contribution < -0.4 is 10.5 Å². The van der Waals surface area contributed by atoms with Crippen LogP contribution in [0.3, 0.4) is 0 Å². The van der Waals surface area contributed by atoms with Gasteiger partial charge in [-0.2, -0.15) is 0 Å². The van der Waals surface area contributed by atoms with Crippen molar-refractivity contribution in [3.63, 3.8) is 0 Å². The van der Waals surface area contributed by atoms with Crippen molar-refractivity contribution in [2.45, 2.75) is 18.4 Å². The number of likely N-dealkylation sites (N-methyl/N-ethyl adjacent to an activating group) is 1. The summed E-state index contributed by atoms with van der Waals surface area (Å²) in [6, 6.07) is 0. The van der Waals surface area contributed by atoms with Gasteiger partial charge in [0.15, 0.2) is 9.84 Å². The number of sulfonamides is 1. The van der Waals surface area contributed by atoms with Crippen molar-refractivity contribution in [2.75, 3.05) is 6.54 Å². The molecule has 6 nitrogen and oxygen atoms in total. The van der Waals surface area contributed by atoms with Gasteiger partial charge in [0.05, 0.1) is 5.70 Å². The number of primary sulfonamides is 1. The second-order valence-electron chi connectivity index (χ2n) is 4.13. The quantitative estimate of drug-likeness (QED) is 0.778. The minimum atomic E-state index is -3.95. The number of sulfone groups is 1. The maximum absolute atomic E-state index is 12.2. The summed E-state index contributed by atoms with van der Waals surface area (Å²) in [4.78, 5) is 0.222. The van der Waals surface area contributed by atoms with E-state index in [0.717, 1.165) is 11.8 Å². The number of fused-ring (bicyclic) bond motifs is 1. The van der Waals surface area contributed by atoms with Crippen LogP contribution in [-0.2, 0) is 19.9 Å². The van der Waals surface area contributed by atoms with Crippen LogP contribution in [-0.4, -0.2) is 28.0 Å². The lowest BCUT2D eigenvalue weighted by Crippen LogP contribution is -2.24. The van der Waals surface area contributed by atoms with Crippen LogP contribution in [0.2, 0.25) is 0 Å². The van der Waals surface area contributed by atoms with E-state index >= 15 is 0 Å². The zero-order chi connectivity index (χ0) is 14.4. The van der Waals surface area contributed by atoms with Gasteiger partial charge >= 0.3 is 0 Å². The Kier molecular flexibility index (Phi) is 3.58. The number of rotatable bonds is 3. The number of thioether (sulfide) groups is 1. The van der Waals surface area contributed by atoms with Crippen LogP contribution in [0.15, 0.2) is 32.6 Å². The Labute approximate surface area is 116 Å². The van der Waals surface area contributed by atoms with E-state index in [1.165, 1.54) is 13.0 Å².